The summed E-state index contributed by atoms with van der Waals surface area (Å²) in [5, 5.41) is 0.252. The van der Waals surface area contributed by atoms with Crippen molar-refractivity contribution in [3.05, 3.63) is 23.2 Å². The van der Waals surface area contributed by atoms with Gasteiger partial charge in [-0.3, -0.25) is 4.55 Å². The molecule has 0 aliphatic heterocycles. The first-order chi connectivity index (χ1) is 5.41. The third-order valence-electron chi connectivity index (χ3n) is 1.27. The van der Waals surface area contributed by atoms with Crippen molar-refractivity contribution in [1.29, 1.82) is 0 Å². The minimum Gasteiger partial charge on any atom is -0.397 e. The van der Waals surface area contributed by atoms with Gasteiger partial charge in [0.05, 0.1) is 15.6 Å². The zero-order valence-electron chi connectivity index (χ0n) is 6.86. The van der Waals surface area contributed by atoms with Gasteiger partial charge >= 0.3 is 0 Å². The second kappa shape index (κ2) is 4.63. The van der Waals surface area contributed by atoms with E-state index in [1.54, 1.807) is 0 Å². The third-order valence-corrected chi connectivity index (χ3v) is 2.46. The Hall–Kier alpha value is 0.220. The van der Waals surface area contributed by atoms with E-state index in [0.29, 0.717) is 0 Å². The van der Waals surface area contributed by atoms with Crippen LogP contribution in [0.4, 0.5) is 5.69 Å². The van der Waals surface area contributed by atoms with Crippen LogP contribution < -0.4 is 5.73 Å². The molecule has 1 aromatic carbocycles. The molecular formula is C6H6ClNNaO3S. The molecule has 0 saturated heterocycles. The number of hydrogen-bond donors (Lipinski definition) is 2. The molecule has 4 nitrogen and oxygen atoms in total. The van der Waals surface area contributed by atoms with Crippen molar-refractivity contribution < 1.29 is 13.0 Å². The van der Waals surface area contributed by atoms with Gasteiger partial charge in [-0.05, 0) is 18.2 Å². The fourth-order valence-corrected chi connectivity index (χ4v) is 1.32. The summed E-state index contributed by atoms with van der Waals surface area (Å²) in [6, 6.07) is 3.58. The van der Waals surface area contributed by atoms with E-state index >= 15 is 0 Å². The number of hydrogen-bond acceptors (Lipinski definition) is 3. The summed E-state index contributed by atoms with van der Waals surface area (Å²) in [5.74, 6) is 0. The Morgan fingerprint density at radius 3 is 2.31 bits per heavy atom. The molecule has 0 amide bonds. The minimum atomic E-state index is -4.18. The van der Waals surface area contributed by atoms with E-state index in [9.17, 15) is 8.42 Å². The fourth-order valence-electron chi connectivity index (χ4n) is 0.682. The molecular weight excluding hydrogens is 225 g/mol. The van der Waals surface area contributed by atoms with Crippen molar-refractivity contribution in [1.82, 2.24) is 0 Å². The summed E-state index contributed by atoms with van der Waals surface area (Å²) < 4.78 is 29.7. The van der Waals surface area contributed by atoms with E-state index in [0.717, 1.165) is 6.07 Å². The SMILES string of the molecule is Nc1cc(S(=O)(=O)O)ccc1Cl.[Na]. The number of rotatable bonds is 1. The van der Waals surface area contributed by atoms with Crippen LogP contribution in [0.3, 0.4) is 0 Å². The van der Waals surface area contributed by atoms with Crippen LogP contribution in [0.2, 0.25) is 5.02 Å². The first-order valence-electron chi connectivity index (χ1n) is 2.94. The maximum absolute atomic E-state index is 10.6. The van der Waals surface area contributed by atoms with Gasteiger partial charge in [-0.25, -0.2) is 0 Å². The van der Waals surface area contributed by atoms with E-state index in [4.69, 9.17) is 21.9 Å². The molecule has 0 unspecified atom stereocenters. The Kier molecular flexibility index (Phi) is 4.71. The summed E-state index contributed by atoms with van der Waals surface area (Å²) in [6.07, 6.45) is 0. The second-order valence-electron chi connectivity index (χ2n) is 2.16. The van der Waals surface area contributed by atoms with Crippen LogP contribution in [0.1, 0.15) is 0 Å². The first kappa shape index (κ1) is 13.2. The zero-order valence-corrected chi connectivity index (χ0v) is 10.4. The van der Waals surface area contributed by atoms with Gasteiger partial charge in [-0.15, -0.1) is 0 Å². The molecule has 1 rings (SSSR count). The summed E-state index contributed by atoms with van der Waals surface area (Å²) in [5.41, 5.74) is 5.43. The number of halogens is 1. The molecule has 0 spiro atoms. The van der Waals surface area contributed by atoms with E-state index < -0.39 is 10.1 Å². The molecule has 0 aliphatic rings. The predicted octanol–water partition coefficient (Wildman–Crippen LogP) is 0.788. The molecule has 0 atom stereocenters. The molecule has 0 heterocycles. The van der Waals surface area contributed by atoms with Crippen molar-refractivity contribution >= 4 is 57.0 Å². The summed E-state index contributed by atoms with van der Waals surface area (Å²) in [6.45, 7) is 0. The molecule has 67 valence electrons. The molecule has 0 aromatic heterocycles. The summed E-state index contributed by atoms with van der Waals surface area (Å²) in [7, 11) is -4.18. The van der Waals surface area contributed by atoms with Crippen LogP contribution in [0.25, 0.3) is 0 Å². The van der Waals surface area contributed by atoms with Crippen molar-refractivity contribution in [2.45, 2.75) is 4.90 Å². The maximum atomic E-state index is 10.6. The number of anilines is 1. The Morgan fingerprint density at radius 2 is 1.92 bits per heavy atom. The van der Waals surface area contributed by atoms with Crippen molar-refractivity contribution in [2.24, 2.45) is 0 Å². The third kappa shape index (κ3) is 3.46. The second-order valence-corrected chi connectivity index (χ2v) is 3.99. The molecule has 0 bridgehead atoms. The van der Waals surface area contributed by atoms with Crippen LogP contribution in [0.5, 0.6) is 0 Å². The minimum absolute atomic E-state index is 0. The zero-order chi connectivity index (χ0) is 9.35. The standard InChI is InChI=1S/C6H6ClNO3S.Na/c7-5-2-1-4(3-6(5)8)12(9,10)11;/h1-3H,8H2,(H,9,10,11);. The first-order valence-corrected chi connectivity index (χ1v) is 4.75. The Labute approximate surface area is 103 Å². The molecule has 7 heteroatoms. The topological polar surface area (TPSA) is 80.4 Å². The van der Waals surface area contributed by atoms with Crippen LogP contribution >= 0.6 is 11.6 Å². The van der Waals surface area contributed by atoms with Gasteiger partial charge in [0.25, 0.3) is 10.1 Å². The summed E-state index contributed by atoms with van der Waals surface area (Å²) in [4.78, 5) is -0.260. The molecule has 13 heavy (non-hydrogen) atoms. The number of benzene rings is 1. The van der Waals surface area contributed by atoms with Crippen LogP contribution in [0, 0.1) is 0 Å². The molecule has 0 fully saturated rings. The van der Waals surface area contributed by atoms with Crippen molar-refractivity contribution in [3.8, 4) is 0 Å². The number of nitrogen functional groups attached to an aromatic ring is 1. The smallest absolute Gasteiger partial charge is 0.294 e. The van der Waals surface area contributed by atoms with Gasteiger partial charge in [0, 0.05) is 29.6 Å². The Morgan fingerprint density at radius 1 is 1.38 bits per heavy atom. The van der Waals surface area contributed by atoms with Crippen LogP contribution in [-0.4, -0.2) is 42.5 Å². The molecule has 1 aromatic rings. The quantitative estimate of drug-likeness (QED) is 0.425. The van der Waals surface area contributed by atoms with Crippen molar-refractivity contribution in [2.75, 3.05) is 5.73 Å². The normalized spacial score (nSPS) is 10.6. The van der Waals surface area contributed by atoms with Gasteiger partial charge in [-0.2, -0.15) is 8.42 Å². The Balaban J connectivity index is 0.00000144. The average molecular weight is 231 g/mol. The van der Waals surface area contributed by atoms with Gasteiger partial charge in [-0.1, -0.05) is 11.6 Å². The fraction of sp³-hybridized carbons (Fsp3) is 0. The predicted molar refractivity (Wildman–Crippen MR) is 51.4 cm³/mol. The maximum Gasteiger partial charge on any atom is 0.294 e. The monoisotopic (exact) mass is 230 g/mol. The van der Waals surface area contributed by atoms with Crippen LogP contribution in [0.15, 0.2) is 23.1 Å². The van der Waals surface area contributed by atoms with E-state index in [-0.39, 0.29) is 45.2 Å². The van der Waals surface area contributed by atoms with Gasteiger partial charge < -0.3 is 5.73 Å². The van der Waals surface area contributed by atoms with Gasteiger partial charge in [0.2, 0.25) is 0 Å². The summed E-state index contributed by atoms with van der Waals surface area (Å²) >= 11 is 5.53. The van der Waals surface area contributed by atoms with E-state index in [2.05, 4.69) is 0 Å². The molecule has 1 radical (unpaired) electrons. The molecule has 3 N–H and O–H groups in total. The van der Waals surface area contributed by atoms with Gasteiger partial charge in [0.15, 0.2) is 0 Å². The van der Waals surface area contributed by atoms with Crippen molar-refractivity contribution in [3.63, 3.8) is 0 Å². The Bertz CT molecular complexity index is 406. The number of nitrogens with two attached hydrogens (primary N) is 1. The molecule has 0 saturated carbocycles. The largest absolute Gasteiger partial charge is 0.397 e. The average Bonchev–Trinajstić information content (AvgIpc) is 1.92. The van der Waals surface area contributed by atoms with Crippen LogP contribution in [-0.2, 0) is 10.1 Å². The molecule has 0 aliphatic carbocycles. The van der Waals surface area contributed by atoms with E-state index in [1.165, 1.54) is 12.1 Å². The van der Waals surface area contributed by atoms with Gasteiger partial charge in [0.1, 0.15) is 0 Å². The van der Waals surface area contributed by atoms with E-state index in [1.807, 2.05) is 0 Å².